The second-order valence-corrected chi connectivity index (χ2v) is 5.51. The molecule has 0 spiro atoms. The lowest BCUT2D eigenvalue weighted by Crippen LogP contribution is -2.45. The molecule has 1 saturated carbocycles. The highest BCUT2D eigenvalue weighted by Crippen LogP contribution is 2.38. The minimum Gasteiger partial charge on any atom is -0.295 e. The van der Waals surface area contributed by atoms with E-state index in [0.717, 1.165) is 24.0 Å². The molecule has 3 fully saturated rings. The number of hydrogen-bond donors (Lipinski definition) is 0. The molecule has 3 aliphatic rings. The highest BCUT2D eigenvalue weighted by Gasteiger charge is 2.36. The van der Waals surface area contributed by atoms with E-state index >= 15 is 0 Å². The summed E-state index contributed by atoms with van der Waals surface area (Å²) in [6.07, 6.45) is 8.78. The molecule has 1 unspecified atom stereocenters. The summed E-state index contributed by atoms with van der Waals surface area (Å²) in [6.45, 7) is 7.12. The summed E-state index contributed by atoms with van der Waals surface area (Å²) in [4.78, 5) is 2.83. The Morgan fingerprint density at radius 3 is 2.29 bits per heavy atom. The van der Waals surface area contributed by atoms with Gasteiger partial charge in [0.1, 0.15) is 0 Å². The van der Waals surface area contributed by atoms with E-state index in [2.05, 4.69) is 25.7 Å². The minimum atomic E-state index is 0.752. The first-order valence-corrected chi connectivity index (χ1v) is 6.49. The van der Waals surface area contributed by atoms with Crippen LogP contribution in [0.2, 0.25) is 0 Å². The van der Waals surface area contributed by atoms with Crippen molar-refractivity contribution >= 4 is 0 Å². The second kappa shape index (κ2) is 4.22. The number of rotatable bonds is 2. The van der Waals surface area contributed by atoms with Crippen LogP contribution in [-0.4, -0.2) is 23.0 Å². The van der Waals surface area contributed by atoms with E-state index < -0.39 is 0 Å². The van der Waals surface area contributed by atoms with Gasteiger partial charge in [-0.25, -0.2) is 0 Å². The third-order valence-corrected chi connectivity index (χ3v) is 4.33. The molecule has 2 heterocycles. The van der Waals surface area contributed by atoms with Gasteiger partial charge in [-0.05, 0) is 58.3 Å². The quantitative estimate of drug-likeness (QED) is 0.652. The smallest absolute Gasteiger partial charge is 0.0101 e. The first kappa shape index (κ1) is 10.5. The lowest BCUT2D eigenvalue weighted by molar-refractivity contribution is 0.0945. The molecule has 1 aliphatic carbocycles. The zero-order valence-corrected chi connectivity index (χ0v) is 10.00. The predicted octanol–water partition coefficient (Wildman–Crippen LogP) is 3.44. The molecule has 1 atom stereocenters. The van der Waals surface area contributed by atoms with Crippen LogP contribution in [-0.2, 0) is 0 Å². The van der Waals surface area contributed by atoms with Gasteiger partial charge in [0.2, 0.25) is 0 Å². The summed E-state index contributed by atoms with van der Waals surface area (Å²) in [5.41, 5.74) is 0. The Balaban J connectivity index is 2.15. The largest absolute Gasteiger partial charge is 0.295 e. The molecular formula is C13H25N. The highest BCUT2D eigenvalue weighted by molar-refractivity contribution is 4.91. The second-order valence-electron chi connectivity index (χ2n) is 5.51. The molecule has 0 amide bonds. The third-order valence-electron chi connectivity index (χ3n) is 4.33. The first-order chi connectivity index (χ1) is 6.72. The van der Waals surface area contributed by atoms with Crippen molar-refractivity contribution in [1.82, 2.24) is 4.90 Å². The Morgan fingerprint density at radius 2 is 1.79 bits per heavy atom. The van der Waals surface area contributed by atoms with Crippen molar-refractivity contribution in [3.63, 3.8) is 0 Å². The molecule has 0 radical (unpaired) electrons. The average Bonchev–Trinajstić information content (AvgIpc) is 2.45. The number of hydrogen-bond acceptors (Lipinski definition) is 1. The van der Waals surface area contributed by atoms with Crippen molar-refractivity contribution in [2.24, 2.45) is 5.92 Å². The average molecular weight is 195 g/mol. The molecule has 2 aliphatic heterocycles. The van der Waals surface area contributed by atoms with Crippen molar-refractivity contribution in [2.75, 3.05) is 0 Å². The van der Waals surface area contributed by atoms with Gasteiger partial charge in [0.05, 0.1) is 0 Å². The van der Waals surface area contributed by atoms with E-state index in [4.69, 9.17) is 0 Å². The predicted molar refractivity (Wildman–Crippen MR) is 61.4 cm³/mol. The van der Waals surface area contributed by atoms with Gasteiger partial charge in [-0.15, -0.1) is 0 Å². The summed E-state index contributed by atoms with van der Waals surface area (Å²) in [5, 5.41) is 0. The van der Waals surface area contributed by atoms with Crippen LogP contribution in [0.15, 0.2) is 0 Å². The fourth-order valence-corrected chi connectivity index (χ4v) is 3.70. The zero-order valence-electron chi connectivity index (χ0n) is 10.00. The van der Waals surface area contributed by atoms with Gasteiger partial charge in [-0.3, -0.25) is 4.90 Å². The van der Waals surface area contributed by atoms with Crippen LogP contribution in [0.1, 0.15) is 59.3 Å². The van der Waals surface area contributed by atoms with E-state index in [9.17, 15) is 0 Å². The lowest BCUT2D eigenvalue weighted by atomic mass is 9.85. The molecule has 0 aromatic rings. The van der Waals surface area contributed by atoms with E-state index in [-0.39, 0.29) is 0 Å². The van der Waals surface area contributed by atoms with Crippen LogP contribution >= 0.6 is 0 Å². The van der Waals surface area contributed by atoms with Crippen molar-refractivity contribution in [2.45, 2.75) is 77.4 Å². The number of nitrogens with zero attached hydrogens (tertiary/aromatic N) is 1. The van der Waals surface area contributed by atoms with Crippen molar-refractivity contribution in [3.05, 3.63) is 0 Å². The molecule has 82 valence electrons. The van der Waals surface area contributed by atoms with E-state index in [1.54, 1.807) is 0 Å². The molecular weight excluding hydrogens is 170 g/mol. The topological polar surface area (TPSA) is 3.24 Å². The Bertz CT molecular complexity index is 180. The maximum atomic E-state index is 2.83. The summed E-state index contributed by atoms with van der Waals surface area (Å²) in [6, 6.07) is 2.55. The Morgan fingerprint density at radius 1 is 1.14 bits per heavy atom. The van der Waals surface area contributed by atoms with E-state index in [1.165, 1.54) is 38.5 Å². The summed E-state index contributed by atoms with van der Waals surface area (Å²) in [5.74, 6) is 1.06. The van der Waals surface area contributed by atoms with Crippen molar-refractivity contribution in [1.29, 1.82) is 0 Å². The summed E-state index contributed by atoms with van der Waals surface area (Å²) >= 11 is 0. The van der Waals surface area contributed by atoms with Gasteiger partial charge < -0.3 is 0 Å². The SMILES string of the molecule is CCC1CC2CCC(CC2)N1C(C)C. The Hall–Kier alpha value is -0.0400. The van der Waals surface area contributed by atoms with Gasteiger partial charge >= 0.3 is 0 Å². The van der Waals surface area contributed by atoms with Gasteiger partial charge in [0.25, 0.3) is 0 Å². The van der Waals surface area contributed by atoms with Gasteiger partial charge in [-0.1, -0.05) is 6.92 Å². The molecule has 3 rings (SSSR count). The van der Waals surface area contributed by atoms with Gasteiger partial charge in [0.15, 0.2) is 0 Å². The molecule has 2 bridgehead atoms. The Kier molecular flexibility index (Phi) is 3.16. The number of fused-ring (bicyclic) bond motifs is 4. The zero-order chi connectivity index (χ0) is 10.1. The lowest BCUT2D eigenvalue weighted by Gasteiger charge is -2.38. The van der Waals surface area contributed by atoms with Crippen LogP contribution in [0.5, 0.6) is 0 Å². The highest BCUT2D eigenvalue weighted by atomic mass is 15.2. The third kappa shape index (κ3) is 1.84. The molecule has 1 heteroatoms. The fraction of sp³-hybridized carbons (Fsp3) is 1.00. The van der Waals surface area contributed by atoms with Gasteiger partial charge in [0, 0.05) is 18.1 Å². The minimum absolute atomic E-state index is 0.752. The van der Waals surface area contributed by atoms with Crippen molar-refractivity contribution in [3.8, 4) is 0 Å². The molecule has 0 aromatic heterocycles. The molecule has 1 nitrogen and oxygen atoms in total. The normalized spacial score (nSPS) is 39.0. The summed E-state index contributed by atoms with van der Waals surface area (Å²) < 4.78 is 0. The molecule has 0 N–H and O–H groups in total. The van der Waals surface area contributed by atoms with Crippen molar-refractivity contribution < 1.29 is 0 Å². The van der Waals surface area contributed by atoms with E-state index in [1.807, 2.05) is 0 Å². The van der Waals surface area contributed by atoms with Crippen LogP contribution < -0.4 is 0 Å². The van der Waals surface area contributed by atoms with E-state index in [0.29, 0.717) is 0 Å². The molecule has 2 saturated heterocycles. The fourth-order valence-electron chi connectivity index (χ4n) is 3.70. The summed E-state index contributed by atoms with van der Waals surface area (Å²) in [7, 11) is 0. The van der Waals surface area contributed by atoms with Crippen LogP contribution in [0, 0.1) is 5.92 Å². The standard InChI is InChI=1S/C13H25N/c1-4-12-9-11-5-7-13(8-6-11)14(12)10(2)3/h10-13H,4-9H2,1-3H3. The van der Waals surface area contributed by atoms with Crippen LogP contribution in [0.4, 0.5) is 0 Å². The first-order valence-electron chi connectivity index (χ1n) is 6.49. The maximum Gasteiger partial charge on any atom is 0.0101 e. The Labute approximate surface area is 88.9 Å². The maximum absolute atomic E-state index is 2.83. The van der Waals surface area contributed by atoms with Crippen LogP contribution in [0.25, 0.3) is 0 Å². The van der Waals surface area contributed by atoms with Gasteiger partial charge in [-0.2, -0.15) is 0 Å². The molecule has 0 aromatic carbocycles. The monoisotopic (exact) mass is 195 g/mol. The van der Waals surface area contributed by atoms with Crippen LogP contribution in [0.3, 0.4) is 0 Å². The molecule has 14 heavy (non-hydrogen) atoms.